The van der Waals surface area contributed by atoms with Crippen LogP contribution in [-0.2, 0) is 5.41 Å². The molecule has 1 nitrogen and oxygen atoms in total. The third-order valence-corrected chi connectivity index (χ3v) is 4.25. The summed E-state index contributed by atoms with van der Waals surface area (Å²) in [5.74, 6) is 1.62. The van der Waals surface area contributed by atoms with Gasteiger partial charge in [0.05, 0.1) is 0 Å². The van der Waals surface area contributed by atoms with E-state index in [1.165, 1.54) is 36.3 Å². The number of hydrogen-bond acceptors (Lipinski definition) is 1. The Labute approximate surface area is 119 Å². The molecule has 1 saturated heterocycles. The number of aryl methyl sites for hydroxylation is 1. The van der Waals surface area contributed by atoms with Gasteiger partial charge in [-0.25, -0.2) is 0 Å². The molecule has 0 aliphatic carbocycles. The summed E-state index contributed by atoms with van der Waals surface area (Å²) in [5, 5.41) is 0. The topological polar surface area (TPSA) is 3.24 Å². The van der Waals surface area contributed by atoms with Crippen LogP contribution >= 0.6 is 0 Å². The lowest BCUT2D eigenvalue weighted by atomic mass is 9.83. The molecule has 19 heavy (non-hydrogen) atoms. The molecule has 0 bridgehead atoms. The molecule has 2 atom stereocenters. The van der Waals surface area contributed by atoms with Crippen molar-refractivity contribution in [3.63, 3.8) is 0 Å². The van der Waals surface area contributed by atoms with E-state index in [9.17, 15) is 0 Å². The molecule has 0 N–H and O–H groups in total. The molecule has 0 amide bonds. The fraction of sp³-hybridized carbons (Fsp3) is 0.667. The predicted octanol–water partition coefficient (Wildman–Crippen LogP) is 4.77. The SMILES string of the molecule is Cc1cc(N2CC(C)CC(C)C2)ccc1C(C)(C)C. The Morgan fingerprint density at radius 2 is 1.63 bits per heavy atom. The molecule has 1 aromatic rings. The van der Waals surface area contributed by atoms with E-state index in [4.69, 9.17) is 0 Å². The molecule has 1 aliphatic heterocycles. The Morgan fingerprint density at radius 3 is 2.11 bits per heavy atom. The van der Waals surface area contributed by atoms with Crippen LogP contribution in [0.1, 0.15) is 52.2 Å². The smallest absolute Gasteiger partial charge is 0.0369 e. The fourth-order valence-corrected chi connectivity index (χ4v) is 3.56. The van der Waals surface area contributed by atoms with E-state index in [2.05, 4.69) is 64.6 Å². The van der Waals surface area contributed by atoms with E-state index >= 15 is 0 Å². The monoisotopic (exact) mass is 259 g/mol. The average molecular weight is 259 g/mol. The molecule has 0 radical (unpaired) electrons. The maximum atomic E-state index is 2.57. The summed E-state index contributed by atoms with van der Waals surface area (Å²) in [7, 11) is 0. The number of rotatable bonds is 1. The molecule has 1 heterocycles. The largest absolute Gasteiger partial charge is 0.371 e. The van der Waals surface area contributed by atoms with Gasteiger partial charge in [-0.05, 0) is 53.9 Å². The van der Waals surface area contributed by atoms with Crippen LogP contribution in [0.4, 0.5) is 5.69 Å². The van der Waals surface area contributed by atoms with E-state index in [0.717, 1.165) is 11.8 Å². The molecular weight excluding hydrogens is 230 g/mol. The predicted molar refractivity (Wildman–Crippen MR) is 85.0 cm³/mol. The normalized spacial score (nSPS) is 24.6. The van der Waals surface area contributed by atoms with Crippen LogP contribution in [0, 0.1) is 18.8 Å². The third-order valence-electron chi connectivity index (χ3n) is 4.25. The van der Waals surface area contributed by atoms with Crippen molar-refractivity contribution in [3.8, 4) is 0 Å². The Balaban J connectivity index is 2.25. The fourth-order valence-electron chi connectivity index (χ4n) is 3.56. The minimum Gasteiger partial charge on any atom is -0.371 e. The first-order valence-electron chi connectivity index (χ1n) is 7.63. The summed E-state index contributed by atoms with van der Waals surface area (Å²) in [6.45, 7) is 16.3. The molecule has 2 unspecified atom stereocenters. The lowest BCUT2D eigenvalue weighted by molar-refractivity contribution is 0.357. The summed E-state index contributed by atoms with van der Waals surface area (Å²) in [6.07, 6.45) is 1.37. The maximum Gasteiger partial charge on any atom is 0.0369 e. The first-order chi connectivity index (χ1) is 8.77. The summed E-state index contributed by atoms with van der Waals surface area (Å²) >= 11 is 0. The summed E-state index contributed by atoms with van der Waals surface area (Å²) in [5.41, 5.74) is 4.54. The molecule has 0 saturated carbocycles. The summed E-state index contributed by atoms with van der Waals surface area (Å²) < 4.78 is 0. The van der Waals surface area contributed by atoms with Crippen molar-refractivity contribution in [1.29, 1.82) is 0 Å². The van der Waals surface area contributed by atoms with Crippen molar-refractivity contribution in [2.75, 3.05) is 18.0 Å². The number of anilines is 1. The Kier molecular flexibility index (Phi) is 3.94. The number of nitrogens with zero attached hydrogens (tertiary/aromatic N) is 1. The standard InChI is InChI=1S/C18H29N/c1-13-9-14(2)12-19(11-13)16-7-8-17(15(3)10-16)18(4,5)6/h7-8,10,13-14H,9,11-12H2,1-6H3. The first kappa shape index (κ1) is 14.4. The molecule has 1 aromatic carbocycles. The maximum absolute atomic E-state index is 2.57. The number of hydrogen-bond donors (Lipinski definition) is 0. The Bertz CT molecular complexity index is 431. The molecule has 1 aliphatic rings. The van der Waals surface area contributed by atoms with Crippen molar-refractivity contribution >= 4 is 5.69 Å². The lowest BCUT2D eigenvalue weighted by Gasteiger charge is -2.37. The van der Waals surface area contributed by atoms with Crippen molar-refractivity contribution in [1.82, 2.24) is 0 Å². The summed E-state index contributed by atoms with van der Waals surface area (Å²) in [6, 6.07) is 7.03. The highest BCUT2D eigenvalue weighted by atomic mass is 15.1. The molecular formula is C18H29N. The van der Waals surface area contributed by atoms with E-state index in [-0.39, 0.29) is 5.41 Å². The van der Waals surface area contributed by atoms with Crippen LogP contribution in [0.15, 0.2) is 18.2 Å². The van der Waals surface area contributed by atoms with E-state index in [1.807, 2.05) is 0 Å². The molecule has 1 heteroatoms. The highest BCUT2D eigenvalue weighted by molar-refractivity contribution is 5.52. The van der Waals surface area contributed by atoms with Crippen LogP contribution in [0.25, 0.3) is 0 Å². The zero-order valence-corrected chi connectivity index (χ0v) is 13.5. The summed E-state index contributed by atoms with van der Waals surface area (Å²) in [4.78, 5) is 2.57. The second-order valence-corrected chi connectivity index (χ2v) is 7.60. The van der Waals surface area contributed by atoms with Crippen molar-refractivity contribution < 1.29 is 0 Å². The van der Waals surface area contributed by atoms with Gasteiger partial charge < -0.3 is 4.90 Å². The van der Waals surface area contributed by atoms with Gasteiger partial charge in [0.1, 0.15) is 0 Å². The van der Waals surface area contributed by atoms with Crippen LogP contribution in [0.3, 0.4) is 0 Å². The minimum absolute atomic E-state index is 0.241. The van der Waals surface area contributed by atoms with Gasteiger partial charge in [-0.15, -0.1) is 0 Å². The van der Waals surface area contributed by atoms with Crippen LogP contribution in [0.5, 0.6) is 0 Å². The van der Waals surface area contributed by atoms with Gasteiger partial charge in [0, 0.05) is 18.8 Å². The third kappa shape index (κ3) is 3.32. The number of benzene rings is 1. The molecule has 0 aromatic heterocycles. The zero-order valence-electron chi connectivity index (χ0n) is 13.5. The van der Waals surface area contributed by atoms with Gasteiger partial charge in [-0.1, -0.05) is 40.7 Å². The Hall–Kier alpha value is -0.980. The highest BCUT2D eigenvalue weighted by Gasteiger charge is 2.23. The van der Waals surface area contributed by atoms with Gasteiger partial charge >= 0.3 is 0 Å². The van der Waals surface area contributed by atoms with Gasteiger partial charge in [0.25, 0.3) is 0 Å². The second kappa shape index (κ2) is 5.19. The van der Waals surface area contributed by atoms with Crippen molar-refractivity contribution in [2.45, 2.75) is 53.4 Å². The molecule has 106 valence electrons. The second-order valence-electron chi connectivity index (χ2n) is 7.60. The number of piperidine rings is 1. The minimum atomic E-state index is 0.241. The van der Waals surface area contributed by atoms with Gasteiger partial charge in [0.15, 0.2) is 0 Å². The molecule has 0 spiro atoms. The van der Waals surface area contributed by atoms with E-state index in [0.29, 0.717) is 0 Å². The van der Waals surface area contributed by atoms with Crippen LogP contribution < -0.4 is 4.90 Å². The van der Waals surface area contributed by atoms with Crippen molar-refractivity contribution in [3.05, 3.63) is 29.3 Å². The average Bonchev–Trinajstić information content (AvgIpc) is 2.25. The van der Waals surface area contributed by atoms with Crippen LogP contribution in [0.2, 0.25) is 0 Å². The quantitative estimate of drug-likeness (QED) is 0.702. The van der Waals surface area contributed by atoms with Crippen molar-refractivity contribution in [2.24, 2.45) is 11.8 Å². The van der Waals surface area contributed by atoms with E-state index in [1.54, 1.807) is 0 Å². The first-order valence-corrected chi connectivity index (χ1v) is 7.63. The van der Waals surface area contributed by atoms with Gasteiger partial charge in [-0.2, -0.15) is 0 Å². The molecule has 1 fully saturated rings. The van der Waals surface area contributed by atoms with E-state index < -0.39 is 0 Å². The Morgan fingerprint density at radius 1 is 1.05 bits per heavy atom. The highest BCUT2D eigenvalue weighted by Crippen LogP contribution is 2.31. The zero-order chi connectivity index (χ0) is 14.2. The van der Waals surface area contributed by atoms with Gasteiger partial charge in [-0.3, -0.25) is 0 Å². The van der Waals surface area contributed by atoms with Crippen LogP contribution in [-0.4, -0.2) is 13.1 Å². The van der Waals surface area contributed by atoms with Gasteiger partial charge in [0.2, 0.25) is 0 Å². The lowest BCUT2D eigenvalue weighted by Crippen LogP contribution is -2.38. The molecule has 2 rings (SSSR count).